The van der Waals surface area contributed by atoms with Crippen molar-refractivity contribution >= 4 is 20.2 Å². The molecule has 0 aromatic rings. The van der Waals surface area contributed by atoms with Gasteiger partial charge in [-0.3, -0.25) is 8.37 Å². The number of aliphatic hydroxyl groups excluding tert-OH is 2. The Bertz CT molecular complexity index is 356. The van der Waals surface area contributed by atoms with Crippen LogP contribution in [0.3, 0.4) is 0 Å². The maximum absolute atomic E-state index is 10.5. The summed E-state index contributed by atoms with van der Waals surface area (Å²) in [5.41, 5.74) is 0. The average Bonchev–Trinajstić information content (AvgIpc) is 2.07. The van der Waals surface area contributed by atoms with Crippen molar-refractivity contribution in [2.45, 2.75) is 12.2 Å². The summed E-state index contributed by atoms with van der Waals surface area (Å²) in [5.74, 6) is 0. The molecule has 8 nitrogen and oxygen atoms in total. The second kappa shape index (κ2) is 5.89. The fourth-order valence-corrected chi connectivity index (χ4v) is 1.38. The predicted molar refractivity (Wildman–Crippen MR) is 53.6 cm³/mol. The van der Waals surface area contributed by atoms with E-state index in [1.54, 1.807) is 0 Å². The second-order valence-corrected chi connectivity index (χ2v) is 6.40. The monoisotopic (exact) mass is 278 g/mol. The molecule has 0 aliphatic carbocycles. The highest BCUT2D eigenvalue weighted by Gasteiger charge is 2.20. The van der Waals surface area contributed by atoms with E-state index in [4.69, 9.17) is 10.2 Å². The van der Waals surface area contributed by atoms with Crippen LogP contribution in [0.15, 0.2) is 0 Å². The molecule has 0 aromatic carbocycles. The SMILES string of the molecule is CS(=O)(=O)OC[C@@H](O)[C@@H](O)COS(C)(=O)=O. The quantitative estimate of drug-likeness (QED) is 0.496. The van der Waals surface area contributed by atoms with Gasteiger partial charge in [-0.2, -0.15) is 16.8 Å². The van der Waals surface area contributed by atoms with Crippen LogP contribution in [-0.2, 0) is 28.6 Å². The van der Waals surface area contributed by atoms with Gasteiger partial charge in [0.25, 0.3) is 20.2 Å². The highest BCUT2D eigenvalue weighted by Crippen LogP contribution is 2.00. The van der Waals surface area contributed by atoms with Crippen LogP contribution < -0.4 is 0 Å². The highest BCUT2D eigenvalue weighted by atomic mass is 32.2. The lowest BCUT2D eigenvalue weighted by atomic mass is 10.2. The molecular weight excluding hydrogens is 264 g/mol. The van der Waals surface area contributed by atoms with E-state index in [-0.39, 0.29) is 0 Å². The third kappa shape index (κ3) is 9.00. The molecule has 2 atom stereocenters. The molecule has 0 aliphatic heterocycles. The van der Waals surface area contributed by atoms with Crippen LogP contribution in [0, 0.1) is 0 Å². The molecule has 0 amide bonds. The first kappa shape index (κ1) is 15.7. The Morgan fingerprint density at radius 1 is 0.875 bits per heavy atom. The topological polar surface area (TPSA) is 127 Å². The second-order valence-electron chi connectivity index (χ2n) is 3.11. The Balaban J connectivity index is 4.05. The maximum atomic E-state index is 10.5. The largest absolute Gasteiger partial charge is 0.388 e. The van der Waals surface area contributed by atoms with Gasteiger partial charge in [-0.1, -0.05) is 0 Å². The van der Waals surface area contributed by atoms with E-state index >= 15 is 0 Å². The first-order chi connectivity index (χ1) is 7.01. The minimum absolute atomic E-state index is 0.673. The van der Waals surface area contributed by atoms with Crippen LogP contribution in [0.25, 0.3) is 0 Å². The van der Waals surface area contributed by atoms with E-state index in [0.717, 1.165) is 12.5 Å². The normalized spacial score (nSPS) is 17.0. The maximum Gasteiger partial charge on any atom is 0.264 e. The van der Waals surface area contributed by atoms with Gasteiger partial charge in [0.2, 0.25) is 0 Å². The van der Waals surface area contributed by atoms with Crippen LogP contribution in [0.1, 0.15) is 0 Å². The van der Waals surface area contributed by atoms with Gasteiger partial charge in [-0.15, -0.1) is 0 Å². The van der Waals surface area contributed by atoms with Gasteiger partial charge in [-0.25, -0.2) is 0 Å². The van der Waals surface area contributed by atoms with E-state index in [0.29, 0.717) is 0 Å². The number of rotatable bonds is 7. The van der Waals surface area contributed by atoms with Gasteiger partial charge in [-0.05, 0) is 0 Å². The van der Waals surface area contributed by atoms with Crippen LogP contribution >= 0.6 is 0 Å². The van der Waals surface area contributed by atoms with E-state index in [9.17, 15) is 16.8 Å². The van der Waals surface area contributed by atoms with E-state index < -0.39 is 45.7 Å². The van der Waals surface area contributed by atoms with Crippen molar-refractivity contribution in [1.29, 1.82) is 0 Å². The summed E-state index contributed by atoms with van der Waals surface area (Å²) < 4.78 is 50.5. The Hall–Kier alpha value is -0.260. The average molecular weight is 278 g/mol. The molecule has 0 bridgehead atoms. The molecule has 0 radical (unpaired) electrons. The van der Waals surface area contributed by atoms with Gasteiger partial charge in [0.1, 0.15) is 12.2 Å². The Morgan fingerprint density at radius 3 is 1.31 bits per heavy atom. The molecule has 16 heavy (non-hydrogen) atoms. The lowest BCUT2D eigenvalue weighted by molar-refractivity contribution is -0.0264. The van der Waals surface area contributed by atoms with Crippen LogP contribution in [0.2, 0.25) is 0 Å². The number of aliphatic hydroxyl groups is 2. The first-order valence-electron chi connectivity index (χ1n) is 4.06. The van der Waals surface area contributed by atoms with Crippen molar-refractivity contribution in [1.82, 2.24) is 0 Å². The van der Waals surface area contributed by atoms with Crippen LogP contribution in [0.4, 0.5) is 0 Å². The third-order valence-corrected chi connectivity index (χ3v) is 2.48. The molecule has 0 aromatic heterocycles. The van der Waals surface area contributed by atoms with Crippen molar-refractivity contribution in [3.63, 3.8) is 0 Å². The predicted octanol–water partition coefficient (Wildman–Crippen LogP) is -2.34. The number of hydrogen-bond acceptors (Lipinski definition) is 8. The van der Waals surface area contributed by atoms with Crippen LogP contribution in [0.5, 0.6) is 0 Å². The Labute approximate surface area is 94.0 Å². The van der Waals surface area contributed by atoms with Crippen molar-refractivity contribution in [3.05, 3.63) is 0 Å². The standard InChI is InChI=1S/C6H14O8S2/c1-15(9,10)13-3-5(7)6(8)4-14-16(2,11)12/h5-8H,3-4H2,1-2H3/t5-,6+. The molecule has 98 valence electrons. The first-order valence-corrected chi connectivity index (χ1v) is 7.69. The fraction of sp³-hybridized carbons (Fsp3) is 1.00. The summed E-state index contributed by atoms with van der Waals surface area (Å²) in [5, 5.41) is 18.3. The van der Waals surface area contributed by atoms with Gasteiger partial charge >= 0.3 is 0 Å². The summed E-state index contributed by atoms with van der Waals surface area (Å²) in [4.78, 5) is 0. The highest BCUT2D eigenvalue weighted by molar-refractivity contribution is 7.86. The smallest absolute Gasteiger partial charge is 0.264 e. The summed E-state index contributed by atoms with van der Waals surface area (Å²) in [6.45, 7) is -1.35. The summed E-state index contributed by atoms with van der Waals surface area (Å²) >= 11 is 0. The van der Waals surface area contributed by atoms with Crippen LogP contribution in [-0.4, -0.2) is 65.0 Å². The number of hydrogen-bond donors (Lipinski definition) is 2. The summed E-state index contributed by atoms with van der Waals surface area (Å²) in [6, 6.07) is 0. The summed E-state index contributed by atoms with van der Waals surface area (Å²) in [6.07, 6.45) is -1.56. The van der Waals surface area contributed by atoms with Gasteiger partial charge < -0.3 is 10.2 Å². The molecular formula is C6H14O8S2. The zero-order chi connectivity index (χ0) is 13.0. The van der Waals surface area contributed by atoms with Gasteiger partial charge in [0.05, 0.1) is 25.7 Å². The Morgan fingerprint density at radius 2 is 1.12 bits per heavy atom. The molecule has 0 heterocycles. The molecule has 0 fully saturated rings. The van der Waals surface area contributed by atoms with E-state index in [2.05, 4.69) is 8.37 Å². The van der Waals surface area contributed by atoms with Crippen molar-refractivity contribution in [3.8, 4) is 0 Å². The minimum Gasteiger partial charge on any atom is -0.388 e. The molecule has 0 spiro atoms. The van der Waals surface area contributed by atoms with E-state index in [1.807, 2.05) is 0 Å². The lowest BCUT2D eigenvalue weighted by Gasteiger charge is -2.16. The zero-order valence-electron chi connectivity index (χ0n) is 8.73. The van der Waals surface area contributed by atoms with Crippen molar-refractivity contribution < 1.29 is 35.4 Å². The summed E-state index contributed by atoms with van der Waals surface area (Å²) in [7, 11) is -7.45. The minimum atomic E-state index is -3.73. The molecule has 10 heteroatoms. The third-order valence-electron chi connectivity index (χ3n) is 1.35. The lowest BCUT2D eigenvalue weighted by Crippen LogP contribution is -2.35. The molecule has 0 saturated carbocycles. The van der Waals surface area contributed by atoms with E-state index in [1.165, 1.54) is 0 Å². The van der Waals surface area contributed by atoms with Crippen molar-refractivity contribution in [2.75, 3.05) is 25.7 Å². The molecule has 0 unspecified atom stereocenters. The molecule has 0 rings (SSSR count). The zero-order valence-corrected chi connectivity index (χ0v) is 10.4. The van der Waals surface area contributed by atoms with Gasteiger partial charge in [0.15, 0.2) is 0 Å². The molecule has 0 aliphatic rings. The molecule has 2 N–H and O–H groups in total. The van der Waals surface area contributed by atoms with Gasteiger partial charge in [0, 0.05) is 0 Å². The van der Waals surface area contributed by atoms with Crippen molar-refractivity contribution in [2.24, 2.45) is 0 Å². The Kier molecular flexibility index (Phi) is 5.79. The molecule has 0 saturated heterocycles. The fourth-order valence-electron chi connectivity index (χ4n) is 0.609.